The van der Waals surface area contributed by atoms with Gasteiger partial charge in [-0.15, -0.1) is 0 Å². The third-order valence-corrected chi connectivity index (χ3v) is 5.60. The number of aromatic nitrogens is 2. The van der Waals surface area contributed by atoms with Crippen molar-refractivity contribution in [1.29, 1.82) is 0 Å². The van der Waals surface area contributed by atoms with E-state index in [0.717, 1.165) is 0 Å². The molecule has 9 heteroatoms. The van der Waals surface area contributed by atoms with E-state index in [1.807, 2.05) is 0 Å². The largest absolute Gasteiger partial charge is 0.561 e. The lowest BCUT2D eigenvalue weighted by molar-refractivity contribution is 0.0697. The molecule has 34 heavy (non-hydrogen) atoms. The number of rotatable bonds is 4. The quantitative estimate of drug-likeness (QED) is 0.417. The topological polar surface area (TPSA) is 90.1 Å². The van der Waals surface area contributed by atoms with Crippen molar-refractivity contribution in [3.63, 3.8) is 0 Å². The van der Waals surface area contributed by atoms with Crippen molar-refractivity contribution in [2.75, 3.05) is 5.32 Å². The molecule has 168 valence electrons. The summed E-state index contributed by atoms with van der Waals surface area (Å²) < 4.78 is 29.3. The number of fused-ring (bicyclic) bond motifs is 3. The first-order valence-corrected chi connectivity index (χ1v) is 10.6. The Morgan fingerprint density at radius 2 is 1.74 bits per heavy atom. The third kappa shape index (κ3) is 3.99. The number of benzene rings is 3. The van der Waals surface area contributed by atoms with Gasteiger partial charge in [0.2, 0.25) is 5.95 Å². The van der Waals surface area contributed by atoms with E-state index >= 15 is 0 Å². The van der Waals surface area contributed by atoms with E-state index in [0.29, 0.717) is 33.1 Å². The molecule has 0 saturated heterocycles. The number of hydrogen-bond donors (Lipinski definition) is 1. The van der Waals surface area contributed by atoms with Gasteiger partial charge in [-0.1, -0.05) is 23.7 Å². The standard InChI is InChI=1S/C25H15ClF2N4O2/c26-15-6-9-17-18(10-15)23(21-19(27)2-1-3-20(21)28)29-11-14-12-30-25(32-22(14)17)31-16-7-4-13(5-8-16)24(33)34/h1-10,12H,11H2,(H,33,34)(H,30,31,32)/p+1. The summed E-state index contributed by atoms with van der Waals surface area (Å²) in [5.74, 6) is -1.94. The molecule has 3 aromatic carbocycles. The summed E-state index contributed by atoms with van der Waals surface area (Å²) in [5, 5.41) is 10.6. The fourth-order valence-corrected chi connectivity index (χ4v) is 3.93. The monoisotopic (exact) mass is 477 g/mol. The zero-order valence-electron chi connectivity index (χ0n) is 17.4. The number of halogens is 3. The van der Waals surface area contributed by atoms with Gasteiger partial charge in [0.25, 0.3) is 0 Å². The van der Waals surface area contributed by atoms with E-state index in [9.17, 15) is 13.6 Å². The van der Waals surface area contributed by atoms with E-state index in [-0.39, 0.29) is 29.3 Å². The maximum atomic E-state index is 14.7. The van der Waals surface area contributed by atoms with Crippen molar-refractivity contribution >= 4 is 34.9 Å². The number of hydrogen-bond acceptors (Lipinski definition) is 5. The Labute approximate surface area is 197 Å². The van der Waals surface area contributed by atoms with E-state index in [1.54, 1.807) is 36.5 Å². The fraction of sp³-hybridized carbons (Fsp3) is 0.0400. The van der Waals surface area contributed by atoms with Crippen molar-refractivity contribution in [2.24, 2.45) is 4.99 Å². The summed E-state index contributed by atoms with van der Waals surface area (Å²) in [6.45, 7) is 0.116. The van der Waals surface area contributed by atoms with Crippen LogP contribution in [-0.4, -0.2) is 26.8 Å². The Bertz CT molecular complexity index is 1450. The highest BCUT2D eigenvalue weighted by atomic mass is 35.5. The smallest absolute Gasteiger partial charge is 0.549 e. The number of anilines is 2. The van der Waals surface area contributed by atoms with Gasteiger partial charge < -0.3 is 10.4 Å². The number of nitrogens with zero attached hydrogens (tertiary/aromatic N) is 3. The summed E-state index contributed by atoms with van der Waals surface area (Å²) >= 11 is 6.24. The van der Waals surface area contributed by atoms with Gasteiger partial charge in [-0.05, 0) is 48.5 Å². The molecule has 0 unspecified atom stereocenters. The van der Waals surface area contributed by atoms with E-state index < -0.39 is 17.6 Å². The van der Waals surface area contributed by atoms with E-state index in [1.165, 1.54) is 30.3 Å². The first-order valence-electron chi connectivity index (χ1n) is 10.2. The molecule has 1 aliphatic rings. The van der Waals surface area contributed by atoms with Gasteiger partial charge in [-0.25, -0.2) is 18.7 Å². The predicted molar refractivity (Wildman–Crippen MR) is 126 cm³/mol. The van der Waals surface area contributed by atoms with Crippen LogP contribution in [-0.2, 0) is 6.54 Å². The molecule has 6 nitrogen and oxygen atoms in total. The fourth-order valence-electron chi connectivity index (χ4n) is 3.76. The highest BCUT2D eigenvalue weighted by molar-refractivity contribution is 6.31. The molecular formula is C25H16ClF2N4O2+. The molecule has 5 rings (SSSR count). The molecule has 0 radical (unpaired) electrons. The van der Waals surface area contributed by atoms with Crippen molar-refractivity contribution in [3.05, 3.63) is 106 Å². The predicted octanol–water partition coefficient (Wildman–Crippen LogP) is 5.03. The van der Waals surface area contributed by atoms with Gasteiger partial charge in [0.15, 0.2) is 0 Å². The van der Waals surface area contributed by atoms with Crippen LogP contribution in [0.4, 0.5) is 20.4 Å². The second kappa shape index (κ2) is 8.64. The summed E-state index contributed by atoms with van der Waals surface area (Å²) in [6.07, 6.45) is 1.61. The maximum absolute atomic E-state index is 14.7. The van der Waals surface area contributed by atoms with Gasteiger partial charge >= 0.3 is 5.97 Å². The Balaban J connectivity index is 1.59. The molecule has 1 aromatic heterocycles. The highest BCUT2D eigenvalue weighted by Crippen LogP contribution is 2.34. The number of carbonyl (C=O) groups excluding carboxylic acids is 1. The average Bonchev–Trinajstić information content (AvgIpc) is 2.96. The average molecular weight is 478 g/mol. The number of carbonyl (C=O) groups is 1. The van der Waals surface area contributed by atoms with Crippen LogP contribution < -0.4 is 5.32 Å². The minimum atomic E-state index is -0.773. The lowest BCUT2D eigenvalue weighted by Gasteiger charge is -2.13. The second-order valence-electron chi connectivity index (χ2n) is 7.55. The van der Waals surface area contributed by atoms with Crippen LogP contribution in [0.2, 0.25) is 5.02 Å². The minimum absolute atomic E-state index is 0.116. The summed E-state index contributed by atoms with van der Waals surface area (Å²) in [4.78, 5) is 24.7. The second-order valence-corrected chi connectivity index (χ2v) is 7.99. The number of aliphatic imine (C=N–C) groups is 1. The van der Waals surface area contributed by atoms with Gasteiger partial charge in [0.1, 0.15) is 17.2 Å². The summed E-state index contributed by atoms with van der Waals surface area (Å²) in [7, 11) is 0. The van der Waals surface area contributed by atoms with Gasteiger partial charge in [-0.3, -0.25) is 4.99 Å². The molecule has 0 saturated carbocycles. The van der Waals surface area contributed by atoms with Crippen molar-refractivity contribution in [3.8, 4) is 11.3 Å². The van der Waals surface area contributed by atoms with Gasteiger partial charge in [-0.2, -0.15) is 0 Å². The molecule has 2 heterocycles. The van der Waals surface area contributed by atoms with Crippen LogP contribution >= 0.6 is 11.6 Å². The van der Waals surface area contributed by atoms with Crippen LogP contribution in [0.1, 0.15) is 27.0 Å². The SMILES string of the molecule is O=C([OH2+])c1ccc(Nc2ncc3c(n2)-c2ccc(Cl)cc2C(c2c(F)cccc2F)=NC3)cc1. The summed E-state index contributed by atoms with van der Waals surface area (Å²) in [5.41, 5.74) is 3.11. The first-order chi connectivity index (χ1) is 16.4. The molecular weight excluding hydrogens is 462 g/mol. The van der Waals surface area contributed by atoms with Crippen LogP contribution in [0.3, 0.4) is 0 Å². The summed E-state index contributed by atoms with van der Waals surface area (Å²) in [6, 6.07) is 15.0. The van der Waals surface area contributed by atoms with Crippen LogP contribution in [0.25, 0.3) is 11.3 Å². The molecule has 0 spiro atoms. The molecule has 0 aliphatic carbocycles. The third-order valence-electron chi connectivity index (χ3n) is 5.37. The minimum Gasteiger partial charge on any atom is -0.561 e. The van der Waals surface area contributed by atoms with Gasteiger partial charge in [0.05, 0.1) is 23.5 Å². The molecule has 1 aliphatic heterocycles. The van der Waals surface area contributed by atoms with E-state index in [4.69, 9.17) is 16.7 Å². The highest BCUT2D eigenvalue weighted by Gasteiger charge is 2.25. The molecule has 0 atom stereocenters. The maximum Gasteiger partial charge on any atom is 0.549 e. The normalized spacial score (nSPS) is 12.3. The van der Waals surface area contributed by atoms with Crippen LogP contribution in [0.5, 0.6) is 0 Å². The Morgan fingerprint density at radius 1 is 1.00 bits per heavy atom. The van der Waals surface area contributed by atoms with Gasteiger partial charge in [0, 0.05) is 38.4 Å². The molecule has 0 amide bonds. The number of nitrogens with one attached hydrogen (secondary N) is 1. The van der Waals surface area contributed by atoms with Crippen LogP contribution in [0.15, 0.2) is 71.9 Å². The van der Waals surface area contributed by atoms with E-state index in [2.05, 4.69) is 20.3 Å². The molecule has 4 aromatic rings. The van der Waals surface area contributed by atoms with Crippen LogP contribution in [0, 0.1) is 11.6 Å². The Hall–Kier alpha value is -4.17. The Kier molecular flexibility index (Phi) is 5.51. The molecule has 0 bridgehead atoms. The molecule has 3 N–H and O–H groups in total. The van der Waals surface area contributed by atoms with Crippen molar-refractivity contribution in [2.45, 2.75) is 6.54 Å². The molecule has 0 fully saturated rings. The lowest BCUT2D eigenvalue weighted by Crippen LogP contribution is -2.10. The zero-order valence-corrected chi connectivity index (χ0v) is 18.2. The lowest BCUT2D eigenvalue weighted by atomic mass is 9.95. The van der Waals surface area contributed by atoms with Crippen molar-refractivity contribution < 1.29 is 18.7 Å². The zero-order chi connectivity index (χ0) is 23.8. The Morgan fingerprint density at radius 3 is 2.44 bits per heavy atom. The first kappa shape index (κ1) is 21.7. The van der Waals surface area contributed by atoms with Crippen molar-refractivity contribution in [1.82, 2.24) is 9.97 Å².